The topological polar surface area (TPSA) is 196 Å². The maximum atomic E-state index is 13.6. The molecule has 13 nitrogen and oxygen atoms in total. The molecule has 0 bridgehead atoms. The maximum absolute atomic E-state index is 13.6. The van der Waals surface area contributed by atoms with Gasteiger partial charge in [0.2, 0.25) is 5.91 Å². The monoisotopic (exact) mass is 766 g/mol. The normalized spacial score (nSPS) is 12.0. The first-order valence-electron chi connectivity index (χ1n) is 17.6. The first-order chi connectivity index (χ1) is 26.2. The summed E-state index contributed by atoms with van der Waals surface area (Å²) in [6.07, 6.45) is -1.16. The number of nitrogens with two attached hydrogens (primary N) is 1. The predicted molar refractivity (Wildman–Crippen MR) is 211 cm³/mol. The van der Waals surface area contributed by atoms with Gasteiger partial charge in [-0.2, -0.15) is 5.26 Å². The number of rotatable bonds is 16. The molecule has 2 atom stereocenters. The fourth-order valence-corrected chi connectivity index (χ4v) is 6.29. The standard InChI is InChI=1S/C41H46N6O7S/c1-41(2,3)54-40(52)44-23-10-9-16-33(37(49)38(50)45-29-19-21-30(22-20-29)53-31-14-11-13-28(43)24-31)46-36(48)26-47(4)39(51)32-15-6-8-18-35(32)55-34-17-7-5-12-27(34)25-42/h5-8,11-15,17-22,24,33,37,49H,9-10,16,23,26,43H2,1-4H3,(H,44,52)(H,45,50)(H,46,48)/t33-,37-/m0/s1. The molecule has 6 N–H and O–H groups in total. The van der Waals surface area contributed by atoms with Gasteiger partial charge in [-0.25, -0.2) is 4.79 Å². The molecular formula is C41H46N6O7S. The van der Waals surface area contributed by atoms with E-state index < -0.39 is 41.6 Å². The van der Waals surface area contributed by atoms with Crippen LogP contribution in [0.4, 0.5) is 16.2 Å². The molecule has 0 spiro atoms. The summed E-state index contributed by atoms with van der Waals surface area (Å²) >= 11 is 1.27. The van der Waals surface area contributed by atoms with Gasteiger partial charge in [-0.1, -0.05) is 42.1 Å². The number of nitrogens with one attached hydrogen (secondary N) is 3. The van der Waals surface area contributed by atoms with E-state index in [1.54, 1.807) is 112 Å². The number of nitriles is 1. The van der Waals surface area contributed by atoms with Crippen molar-refractivity contribution in [2.24, 2.45) is 0 Å². The van der Waals surface area contributed by atoms with Gasteiger partial charge in [0.15, 0.2) is 6.10 Å². The predicted octanol–water partition coefficient (Wildman–Crippen LogP) is 6.34. The van der Waals surface area contributed by atoms with Crippen molar-refractivity contribution in [1.29, 1.82) is 5.26 Å². The molecule has 0 radical (unpaired) electrons. The lowest BCUT2D eigenvalue weighted by Crippen LogP contribution is -2.51. The van der Waals surface area contributed by atoms with E-state index in [0.717, 1.165) is 0 Å². The zero-order valence-corrected chi connectivity index (χ0v) is 32.0. The molecule has 4 aromatic rings. The van der Waals surface area contributed by atoms with Gasteiger partial charge in [0.25, 0.3) is 11.8 Å². The van der Waals surface area contributed by atoms with Gasteiger partial charge in [0, 0.05) is 40.8 Å². The molecule has 0 aliphatic carbocycles. The van der Waals surface area contributed by atoms with Crippen molar-refractivity contribution >= 4 is 47.0 Å². The lowest BCUT2D eigenvalue weighted by molar-refractivity contribution is -0.128. The highest BCUT2D eigenvalue weighted by molar-refractivity contribution is 7.99. The average molecular weight is 767 g/mol. The van der Waals surface area contributed by atoms with E-state index >= 15 is 0 Å². The lowest BCUT2D eigenvalue weighted by Gasteiger charge is -2.25. The highest BCUT2D eigenvalue weighted by Crippen LogP contribution is 2.33. The Morgan fingerprint density at radius 1 is 0.909 bits per heavy atom. The number of unbranched alkanes of at least 4 members (excludes halogenated alkanes) is 1. The molecule has 4 rings (SSSR count). The van der Waals surface area contributed by atoms with E-state index in [1.165, 1.54) is 23.7 Å². The smallest absolute Gasteiger partial charge is 0.407 e. The third-order valence-corrected chi connectivity index (χ3v) is 9.05. The number of hydrogen-bond donors (Lipinski definition) is 5. The number of amides is 4. The molecule has 0 aliphatic heterocycles. The highest BCUT2D eigenvalue weighted by atomic mass is 32.2. The number of likely N-dealkylation sites (N-methyl/N-ethyl adjacent to an activating group) is 1. The van der Waals surface area contributed by atoms with Crippen molar-refractivity contribution in [1.82, 2.24) is 15.5 Å². The molecule has 0 heterocycles. The minimum absolute atomic E-state index is 0.179. The van der Waals surface area contributed by atoms with E-state index in [4.69, 9.17) is 15.2 Å². The maximum Gasteiger partial charge on any atom is 0.407 e. The summed E-state index contributed by atoms with van der Waals surface area (Å²) in [6.45, 7) is 5.18. The minimum Gasteiger partial charge on any atom is -0.457 e. The molecule has 4 amide bonds. The second-order valence-electron chi connectivity index (χ2n) is 13.6. The van der Waals surface area contributed by atoms with Gasteiger partial charge in [0.05, 0.1) is 23.7 Å². The van der Waals surface area contributed by atoms with Crippen molar-refractivity contribution in [2.45, 2.75) is 67.6 Å². The van der Waals surface area contributed by atoms with Crippen molar-refractivity contribution in [3.63, 3.8) is 0 Å². The number of nitrogen functional groups attached to an aromatic ring is 1. The molecule has 14 heteroatoms. The Morgan fingerprint density at radius 3 is 2.29 bits per heavy atom. The van der Waals surface area contributed by atoms with Crippen LogP contribution in [0.2, 0.25) is 0 Å². The summed E-state index contributed by atoms with van der Waals surface area (Å²) in [5.41, 5.74) is 6.91. The van der Waals surface area contributed by atoms with E-state index in [9.17, 15) is 29.5 Å². The number of anilines is 2. The van der Waals surface area contributed by atoms with Crippen LogP contribution in [0.5, 0.6) is 11.5 Å². The summed E-state index contributed by atoms with van der Waals surface area (Å²) in [4.78, 5) is 54.9. The Labute approximate surface area is 325 Å². The van der Waals surface area contributed by atoms with E-state index in [0.29, 0.717) is 56.6 Å². The van der Waals surface area contributed by atoms with Crippen LogP contribution < -0.4 is 26.4 Å². The molecule has 0 saturated heterocycles. The van der Waals surface area contributed by atoms with Crippen LogP contribution in [0.25, 0.3) is 0 Å². The van der Waals surface area contributed by atoms with Crippen LogP contribution in [0, 0.1) is 11.3 Å². The summed E-state index contributed by atoms with van der Waals surface area (Å²) < 4.78 is 11.1. The van der Waals surface area contributed by atoms with Gasteiger partial charge in [0.1, 0.15) is 23.2 Å². The van der Waals surface area contributed by atoms with Gasteiger partial charge in [-0.3, -0.25) is 14.4 Å². The lowest BCUT2D eigenvalue weighted by atomic mass is 10.0. The molecule has 0 unspecified atom stereocenters. The number of alkyl carbamates (subject to hydrolysis) is 1. The number of carbonyl (C=O) groups excluding carboxylic acids is 4. The van der Waals surface area contributed by atoms with Gasteiger partial charge < -0.3 is 41.2 Å². The Bertz CT molecular complexity index is 1990. The van der Waals surface area contributed by atoms with Crippen LogP contribution in [0.1, 0.15) is 56.0 Å². The zero-order valence-electron chi connectivity index (χ0n) is 31.2. The molecule has 4 aromatic carbocycles. The second kappa shape index (κ2) is 19.9. The first kappa shape index (κ1) is 41.7. The van der Waals surface area contributed by atoms with Gasteiger partial charge in [-0.05, 0) is 101 Å². The number of ether oxygens (including phenoxy) is 2. The van der Waals surface area contributed by atoms with Gasteiger partial charge >= 0.3 is 6.09 Å². The summed E-state index contributed by atoms with van der Waals surface area (Å²) in [6, 6.07) is 28.5. The molecule has 0 aliphatic rings. The molecule has 0 fully saturated rings. The molecule has 288 valence electrons. The van der Waals surface area contributed by atoms with Crippen LogP contribution >= 0.6 is 11.8 Å². The molecular weight excluding hydrogens is 721 g/mol. The van der Waals surface area contributed by atoms with Crippen molar-refractivity contribution in [2.75, 3.05) is 31.2 Å². The Balaban J connectivity index is 1.40. The largest absolute Gasteiger partial charge is 0.457 e. The summed E-state index contributed by atoms with van der Waals surface area (Å²) in [7, 11) is 1.48. The minimum atomic E-state index is -1.66. The van der Waals surface area contributed by atoms with E-state index in [2.05, 4.69) is 22.0 Å². The SMILES string of the molecule is CN(CC(=O)N[C@@H](CCCCNC(=O)OC(C)(C)C)[C@H](O)C(=O)Nc1ccc(Oc2cccc(N)c2)cc1)C(=O)c1ccccc1Sc1ccccc1C#N. The molecule has 0 aromatic heterocycles. The Hall–Kier alpha value is -6.04. The summed E-state index contributed by atoms with van der Waals surface area (Å²) in [5, 5.41) is 28.8. The number of nitrogens with zero attached hydrogens (tertiary/aromatic N) is 2. The Kier molecular flexibility index (Phi) is 15.1. The first-order valence-corrected chi connectivity index (χ1v) is 18.4. The zero-order chi connectivity index (χ0) is 40.0. The number of aliphatic hydroxyl groups is 1. The molecule has 55 heavy (non-hydrogen) atoms. The fourth-order valence-electron chi connectivity index (χ4n) is 5.27. The van der Waals surface area contributed by atoms with Crippen molar-refractivity contribution in [3.05, 3.63) is 108 Å². The van der Waals surface area contributed by atoms with E-state index in [1.807, 2.05) is 6.07 Å². The Morgan fingerprint density at radius 2 is 1.60 bits per heavy atom. The van der Waals surface area contributed by atoms with E-state index in [-0.39, 0.29) is 19.5 Å². The average Bonchev–Trinajstić information content (AvgIpc) is 3.14. The quantitative estimate of drug-likeness (QED) is 0.0635. The van der Waals surface area contributed by atoms with Crippen LogP contribution in [-0.2, 0) is 14.3 Å². The van der Waals surface area contributed by atoms with Crippen LogP contribution in [-0.4, -0.2) is 71.7 Å². The number of aliphatic hydroxyl groups excluding tert-OH is 1. The third-order valence-electron chi connectivity index (χ3n) is 7.89. The number of hydrogen-bond acceptors (Lipinski definition) is 10. The van der Waals surface area contributed by atoms with Crippen LogP contribution in [0.15, 0.2) is 107 Å². The fraction of sp³-hybridized carbons (Fsp3) is 0.293. The van der Waals surface area contributed by atoms with Crippen LogP contribution in [0.3, 0.4) is 0 Å². The van der Waals surface area contributed by atoms with Crippen molar-refractivity contribution < 1.29 is 33.8 Å². The third kappa shape index (κ3) is 13.4. The highest BCUT2D eigenvalue weighted by Gasteiger charge is 2.29. The number of benzene rings is 4. The van der Waals surface area contributed by atoms with Gasteiger partial charge in [-0.15, -0.1) is 0 Å². The second-order valence-corrected chi connectivity index (χ2v) is 14.7. The summed E-state index contributed by atoms with van der Waals surface area (Å²) in [5.74, 6) is -0.735. The number of carbonyl (C=O) groups is 4. The molecule has 0 saturated carbocycles. The van der Waals surface area contributed by atoms with Crippen molar-refractivity contribution in [3.8, 4) is 17.6 Å².